The molecule has 0 bridgehead atoms. The SMILES string of the molecule is CC(C)C(C(=O)NN)N1CCN(c2ncccn2)CC1. The normalized spacial score (nSPS) is 18.1. The van der Waals surface area contributed by atoms with Crippen LogP contribution in [0, 0.1) is 5.92 Å². The third-order valence-electron chi connectivity index (χ3n) is 3.59. The zero-order chi connectivity index (χ0) is 14.5. The Bertz CT molecular complexity index is 430. The topological polar surface area (TPSA) is 87.4 Å². The molecule has 1 aliphatic rings. The van der Waals surface area contributed by atoms with E-state index < -0.39 is 0 Å². The fourth-order valence-corrected chi connectivity index (χ4v) is 2.63. The van der Waals surface area contributed by atoms with E-state index >= 15 is 0 Å². The van der Waals surface area contributed by atoms with Crippen molar-refractivity contribution in [3.05, 3.63) is 18.5 Å². The second kappa shape index (κ2) is 6.62. The van der Waals surface area contributed by atoms with Gasteiger partial charge in [-0.05, 0) is 12.0 Å². The molecule has 0 saturated carbocycles. The van der Waals surface area contributed by atoms with Crippen molar-refractivity contribution in [1.29, 1.82) is 0 Å². The molecule has 0 spiro atoms. The van der Waals surface area contributed by atoms with Gasteiger partial charge < -0.3 is 4.90 Å². The zero-order valence-corrected chi connectivity index (χ0v) is 12.0. The second-order valence-corrected chi connectivity index (χ2v) is 5.27. The van der Waals surface area contributed by atoms with Crippen LogP contribution in [0.2, 0.25) is 0 Å². The molecule has 0 aromatic carbocycles. The van der Waals surface area contributed by atoms with Gasteiger partial charge in [0.1, 0.15) is 0 Å². The Balaban J connectivity index is 1.98. The van der Waals surface area contributed by atoms with Crippen molar-refractivity contribution >= 4 is 11.9 Å². The number of piperazine rings is 1. The molecule has 1 fully saturated rings. The molecule has 20 heavy (non-hydrogen) atoms. The van der Waals surface area contributed by atoms with E-state index in [0.29, 0.717) is 0 Å². The lowest BCUT2D eigenvalue weighted by molar-refractivity contribution is -0.128. The first-order valence-electron chi connectivity index (χ1n) is 6.90. The number of rotatable bonds is 4. The maximum absolute atomic E-state index is 11.9. The predicted molar refractivity (Wildman–Crippen MR) is 76.8 cm³/mol. The summed E-state index contributed by atoms with van der Waals surface area (Å²) in [5.41, 5.74) is 2.27. The molecule has 0 aliphatic carbocycles. The summed E-state index contributed by atoms with van der Waals surface area (Å²) >= 11 is 0. The summed E-state index contributed by atoms with van der Waals surface area (Å²) in [6, 6.07) is 1.62. The first kappa shape index (κ1) is 14.7. The summed E-state index contributed by atoms with van der Waals surface area (Å²) in [4.78, 5) is 24.7. The molecular formula is C13H22N6O. The van der Waals surface area contributed by atoms with E-state index in [9.17, 15) is 4.79 Å². The molecule has 1 amide bonds. The molecule has 110 valence electrons. The highest BCUT2D eigenvalue weighted by Crippen LogP contribution is 2.16. The minimum absolute atomic E-state index is 0.121. The second-order valence-electron chi connectivity index (χ2n) is 5.27. The van der Waals surface area contributed by atoms with Gasteiger partial charge in [-0.15, -0.1) is 0 Å². The Labute approximate surface area is 119 Å². The summed E-state index contributed by atoms with van der Waals surface area (Å²) < 4.78 is 0. The first-order chi connectivity index (χ1) is 9.63. The number of hydrazine groups is 1. The van der Waals surface area contributed by atoms with Crippen molar-refractivity contribution in [3.63, 3.8) is 0 Å². The summed E-state index contributed by atoms with van der Waals surface area (Å²) in [7, 11) is 0. The molecule has 1 aromatic heterocycles. The van der Waals surface area contributed by atoms with Crippen LogP contribution in [0.3, 0.4) is 0 Å². The van der Waals surface area contributed by atoms with Gasteiger partial charge in [0.25, 0.3) is 5.91 Å². The van der Waals surface area contributed by atoms with E-state index in [0.717, 1.165) is 32.1 Å². The fourth-order valence-electron chi connectivity index (χ4n) is 2.63. The van der Waals surface area contributed by atoms with Crippen molar-refractivity contribution in [3.8, 4) is 0 Å². The molecule has 1 saturated heterocycles. The quantitative estimate of drug-likeness (QED) is 0.443. The Morgan fingerprint density at radius 1 is 1.25 bits per heavy atom. The minimum atomic E-state index is -0.182. The Morgan fingerprint density at radius 2 is 1.85 bits per heavy atom. The van der Waals surface area contributed by atoms with E-state index in [1.165, 1.54) is 0 Å². The third-order valence-corrected chi connectivity index (χ3v) is 3.59. The van der Waals surface area contributed by atoms with Gasteiger partial charge in [0, 0.05) is 38.6 Å². The molecule has 2 rings (SSSR count). The van der Waals surface area contributed by atoms with E-state index in [-0.39, 0.29) is 17.9 Å². The number of anilines is 1. The molecule has 0 radical (unpaired) electrons. The van der Waals surface area contributed by atoms with Crippen LogP contribution in [0.25, 0.3) is 0 Å². The minimum Gasteiger partial charge on any atom is -0.338 e. The molecular weight excluding hydrogens is 256 g/mol. The average molecular weight is 278 g/mol. The van der Waals surface area contributed by atoms with E-state index in [1.54, 1.807) is 18.5 Å². The number of hydrogen-bond donors (Lipinski definition) is 2. The number of amides is 1. The van der Waals surface area contributed by atoms with Crippen molar-refractivity contribution in [2.45, 2.75) is 19.9 Å². The number of carbonyl (C=O) groups is 1. The van der Waals surface area contributed by atoms with Gasteiger partial charge in [0.2, 0.25) is 5.95 Å². The van der Waals surface area contributed by atoms with Crippen molar-refractivity contribution in [2.24, 2.45) is 11.8 Å². The average Bonchev–Trinajstić information content (AvgIpc) is 2.48. The number of aromatic nitrogens is 2. The number of nitrogens with two attached hydrogens (primary N) is 1. The summed E-state index contributed by atoms with van der Waals surface area (Å²) in [6.45, 7) is 7.29. The Kier molecular flexibility index (Phi) is 4.86. The number of nitrogens with zero attached hydrogens (tertiary/aromatic N) is 4. The zero-order valence-electron chi connectivity index (χ0n) is 12.0. The molecule has 1 atom stereocenters. The fraction of sp³-hybridized carbons (Fsp3) is 0.615. The summed E-state index contributed by atoms with van der Waals surface area (Å²) in [6.07, 6.45) is 3.49. The van der Waals surface area contributed by atoms with Crippen molar-refractivity contribution in [1.82, 2.24) is 20.3 Å². The van der Waals surface area contributed by atoms with Crippen LogP contribution in [0.5, 0.6) is 0 Å². The summed E-state index contributed by atoms with van der Waals surface area (Å²) in [5, 5.41) is 0. The highest BCUT2D eigenvalue weighted by molar-refractivity contribution is 5.81. The monoisotopic (exact) mass is 278 g/mol. The van der Waals surface area contributed by atoms with Gasteiger partial charge >= 0.3 is 0 Å². The Hall–Kier alpha value is -1.73. The van der Waals surface area contributed by atoms with E-state index in [4.69, 9.17) is 5.84 Å². The van der Waals surface area contributed by atoms with E-state index in [1.807, 2.05) is 13.8 Å². The van der Waals surface area contributed by atoms with Gasteiger partial charge in [-0.3, -0.25) is 15.1 Å². The van der Waals surface area contributed by atoms with Crippen LogP contribution in [-0.2, 0) is 4.79 Å². The Morgan fingerprint density at radius 3 is 2.35 bits per heavy atom. The molecule has 7 heteroatoms. The van der Waals surface area contributed by atoms with Crippen molar-refractivity contribution < 1.29 is 4.79 Å². The molecule has 1 aromatic rings. The van der Waals surface area contributed by atoms with Crippen LogP contribution in [0.4, 0.5) is 5.95 Å². The third kappa shape index (κ3) is 3.23. The number of carbonyl (C=O) groups excluding carboxylic acids is 1. The highest BCUT2D eigenvalue weighted by atomic mass is 16.2. The van der Waals surface area contributed by atoms with E-state index in [2.05, 4.69) is 25.2 Å². The molecule has 1 aliphatic heterocycles. The smallest absolute Gasteiger partial charge is 0.251 e. The number of nitrogens with one attached hydrogen (secondary N) is 1. The van der Waals surface area contributed by atoms with Gasteiger partial charge in [-0.1, -0.05) is 13.8 Å². The van der Waals surface area contributed by atoms with Gasteiger partial charge in [0.05, 0.1) is 6.04 Å². The van der Waals surface area contributed by atoms with Crippen LogP contribution >= 0.6 is 0 Å². The predicted octanol–water partition coefficient (Wildman–Crippen LogP) is -0.387. The highest BCUT2D eigenvalue weighted by Gasteiger charge is 2.31. The van der Waals surface area contributed by atoms with Gasteiger partial charge in [-0.2, -0.15) is 0 Å². The molecule has 2 heterocycles. The van der Waals surface area contributed by atoms with Crippen LogP contribution in [0.15, 0.2) is 18.5 Å². The lowest BCUT2D eigenvalue weighted by atomic mass is 10.0. The molecule has 1 unspecified atom stereocenters. The van der Waals surface area contributed by atoms with Crippen LogP contribution in [0.1, 0.15) is 13.8 Å². The summed E-state index contributed by atoms with van der Waals surface area (Å²) in [5.74, 6) is 6.13. The lowest BCUT2D eigenvalue weighted by Crippen LogP contribution is -2.57. The number of hydrogen-bond acceptors (Lipinski definition) is 6. The van der Waals surface area contributed by atoms with Crippen LogP contribution in [-0.4, -0.2) is 53.0 Å². The van der Waals surface area contributed by atoms with Gasteiger partial charge in [-0.25, -0.2) is 15.8 Å². The first-order valence-corrected chi connectivity index (χ1v) is 6.90. The van der Waals surface area contributed by atoms with Gasteiger partial charge in [0.15, 0.2) is 0 Å². The van der Waals surface area contributed by atoms with Crippen molar-refractivity contribution in [2.75, 3.05) is 31.1 Å². The lowest BCUT2D eigenvalue weighted by Gasteiger charge is -2.39. The molecule has 7 nitrogen and oxygen atoms in total. The largest absolute Gasteiger partial charge is 0.338 e. The standard InChI is InChI=1S/C13H22N6O/c1-10(2)11(12(20)17-14)18-6-8-19(9-7-18)13-15-4-3-5-16-13/h3-5,10-11H,6-9,14H2,1-2H3,(H,17,20). The maximum Gasteiger partial charge on any atom is 0.251 e. The molecule has 3 N–H and O–H groups in total. The van der Waals surface area contributed by atoms with Crippen LogP contribution < -0.4 is 16.2 Å². The maximum atomic E-state index is 11.9.